The van der Waals surface area contributed by atoms with Crippen molar-refractivity contribution in [1.82, 2.24) is 15.0 Å². The van der Waals surface area contributed by atoms with Crippen LogP contribution in [0, 0.1) is 0 Å². The topological polar surface area (TPSA) is 44.3 Å². The largest absolute Gasteiger partial charge is 0.353 e. The van der Waals surface area contributed by atoms with Crippen molar-refractivity contribution in [3.63, 3.8) is 0 Å². The first-order valence-corrected chi connectivity index (χ1v) is 5.82. The van der Waals surface area contributed by atoms with Crippen molar-refractivity contribution in [1.29, 1.82) is 0 Å². The van der Waals surface area contributed by atoms with Crippen molar-refractivity contribution in [3.8, 4) is 0 Å². The molecule has 0 aliphatic heterocycles. The Morgan fingerprint density at radius 2 is 2.00 bits per heavy atom. The molecule has 0 radical (unpaired) electrons. The van der Waals surface area contributed by atoms with E-state index in [0.29, 0.717) is 0 Å². The highest BCUT2D eigenvalue weighted by atomic mass is 15.4. The van der Waals surface area contributed by atoms with Crippen molar-refractivity contribution in [2.24, 2.45) is 5.10 Å². The summed E-state index contributed by atoms with van der Waals surface area (Å²) in [4.78, 5) is 7.72. The average molecular weight is 238 g/mol. The number of para-hydroxylation sites is 1. The molecular weight excluding hydrogens is 224 g/mol. The summed E-state index contributed by atoms with van der Waals surface area (Å²) < 4.78 is 0. The Bertz CT molecular complexity index is 725. The maximum Gasteiger partial charge on any atom is 0.0838 e. The van der Waals surface area contributed by atoms with E-state index in [-0.39, 0.29) is 0 Å². The van der Waals surface area contributed by atoms with Crippen molar-refractivity contribution >= 4 is 28.0 Å². The second-order valence-corrected chi connectivity index (χ2v) is 4.42. The van der Waals surface area contributed by atoms with E-state index in [4.69, 9.17) is 0 Å². The fourth-order valence-electron chi connectivity index (χ4n) is 2.01. The summed E-state index contributed by atoms with van der Waals surface area (Å²) in [6.45, 7) is 0. The smallest absolute Gasteiger partial charge is 0.0838 e. The van der Waals surface area contributed by atoms with E-state index in [9.17, 15) is 0 Å². The third-order valence-electron chi connectivity index (χ3n) is 2.83. The number of H-pyrrole nitrogens is 1. The van der Waals surface area contributed by atoms with Crippen LogP contribution in [-0.2, 0) is 0 Å². The third-order valence-corrected chi connectivity index (χ3v) is 2.83. The van der Waals surface area contributed by atoms with Crippen LogP contribution in [0.2, 0.25) is 0 Å². The molecule has 1 N–H and O–H groups in total. The summed E-state index contributed by atoms with van der Waals surface area (Å²) in [5, 5.41) is 8.35. The number of nitrogens with one attached hydrogen (secondary N) is 1. The van der Waals surface area contributed by atoms with Crippen LogP contribution in [0.15, 0.2) is 41.6 Å². The Hall–Kier alpha value is -2.36. The zero-order valence-corrected chi connectivity index (χ0v) is 10.4. The highest BCUT2D eigenvalue weighted by Crippen LogP contribution is 2.24. The molecule has 0 bridgehead atoms. The van der Waals surface area contributed by atoms with Crippen LogP contribution < -0.4 is 0 Å². The zero-order chi connectivity index (χ0) is 12.5. The first-order valence-electron chi connectivity index (χ1n) is 5.82. The first-order chi connectivity index (χ1) is 8.74. The zero-order valence-electron chi connectivity index (χ0n) is 10.4. The van der Waals surface area contributed by atoms with E-state index in [1.807, 2.05) is 32.4 Å². The minimum atomic E-state index is 0.862. The van der Waals surface area contributed by atoms with Gasteiger partial charge < -0.3 is 9.99 Å². The van der Waals surface area contributed by atoms with E-state index in [1.54, 1.807) is 11.2 Å². The molecule has 0 saturated heterocycles. The number of hydrogen-bond donors (Lipinski definition) is 1. The Morgan fingerprint density at radius 3 is 2.83 bits per heavy atom. The molecule has 18 heavy (non-hydrogen) atoms. The van der Waals surface area contributed by atoms with Crippen molar-refractivity contribution < 1.29 is 0 Å². The second kappa shape index (κ2) is 4.14. The molecule has 4 nitrogen and oxygen atoms in total. The van der Waals surface area contributed by atoms with Crippen molar-refractivity contribution in [3.05, 3.63) is 42.2 Å². The Labute approximate surface area is 105 Å². The Balaban J connectivity index is 2.18. The number of fused-ring (bicyclic) bond motifs is 3. The van der Waals surface area contributed by atoms with Crippen LogP contribution in [0.5, 0.6) is 0 Å². The molecule has 2 heterocycles. The second-order valence-electron chi connectivity index (χ2n) is 4.42. The van der Waals surface area contributed by atoms with Crippen LogP contribution in [0.3, 0.4) is 0 Å². The molecule has 0 unspecified atom stereocenters. The number of rotatable bonds is 2. The number of nitrogens with zero attached hydrogens (tertiary/aromatic N) is 3. The van der Waals surface area contributed by atoms with E-state index < -0.39 is 0 Å². The van der Waals surface area contributed by atoms with Crippen LogP contribution in [0.1, 0.15) is 5.69 Å². The summed E-state index contributed by atoms with van der Waals surface area (Å²) in [6, 6.07) is 10.3. The lowest BCUT2D eigenvalue weighted by Gasteiger charge is -2.01. The molecule has 0 atom stereocenters. The summed E-state index contributed by atoms with van der Waals surface area (Å²) in [5.41, 5.74) is 3.05. The van der Waals surface area contributed by atoms with Gasteiger partial charge in [-0.1, -0.05) is 18.2 Å². The van der Waals surface area contributed by atoms with Gasteiger partial charge in [-0.2, -0.15) is 5.10 Å². The minimum absolute atomic E-state index is 0.862. The van der Waals surface area contributed by atoms with Gasteiger partial charge in [0.1, 0.15) is 0 Å². The van der Waals surface area contributed by atoms with Gasteiger partial charge in [0.25, 0.3) is 0 Å². The molecule has 0 amide bonds. The van der Waals surface area contributed by atoms with Gasteiger partial charge in [-0.15, -0.1) is 0 Å². The Morgan fingerprint density at radius 1 is 1.17 bits per heavy atom. The quantitative estimate of drug-likeness (QED) is 0.551. The van der Waals surface area contributed by atoms with Crippen LogP contribution in [-0.4, -0.2) is 35.3 Å². The van der Waals surface area contributed by atoms with Gasteiger partial charge >= 0.3 is 0 Å². The van der Waals surface area contributed by atoms with E-state index in [0.717, 1.165) is 16.7 Å². The molecule has 0 saturated carbocycles. The average Bonchev–Trinajstić information content (AvgIpc) is 2.74. The van der Waals surface area contributed by atoms with Crippen molar-refractivity contribution in [2.45, 2.75) is 0 Å². The third kappa shape index (κ3) is 1.82. The molecule has 3 rings (SSSR count). The van der Waals surface area contributed by atoms with Gasteiger partial charge in [-0.25, -0.2) is 0 Å². The van der Waals surface area contributed by atoms with Crippen LogP contribution in [0.25, 0.3) is 21.8 Å². The van der Waals surface area contributed by atoms with Gasteiger partial charge in [0.05, 0.1) is 23.6 Å². The molecule has 0 aliphatic carbocycles. The number of benzene rings is 1. The van der Waals surface area contributed by atoms with E-state index in [1.165, 1.54) is 10.8 Å². The van der Waals surface area contributed by atoms with Gasteiger partial charge in [-0.05, 0) is 12.1 Å². The summed E-state index contributed by atoms with van der Waals surface area (Å²) in [6.07, 6.45) is 3.62. The number of aromatic nitrogens is 2. The monoisotopic (exact) mass is 238 g/mol. The Kier molecular flexibility index (Phi) is 2.48. The highest BCUT2D eigenvalue weighted by molar-refractivity contribution is 6.07. The van der Waals surface area contributed by atoms with Gasteiger partial charge in [-0.3, -0.25) is 4.98 Å². The number of aromatic amines is 1. The fraction of sp³-hybridized carbons (Fsp3) is 0.143. The molecule has 4 heteroatoms. The molecular formula is C14H14N4. The van der Waals surface area contributed by atoms with Crippen molar-refractivity contribution in [2.75, 3.05) is 14.1 Å². The minimum Gasteiger partial charge on any atom is -0.353 e. The van der Waals surface area contributed by atoms with E-state index >= 15 is 0 Å². The predicted octanol–water partition coefficient (Wildman–Crippen LogP) is 2.61. The lowest BCUT2D eigenvalue weighted by Crippen LogP contribution is -2.02. The lowest BCUT2D eigenvalue weighted by atomic mass is 10.2. The standard InChI is InChI=1S/C14H14N4/c1-18(2)16-8-10-7-12-11-5-3-4-6-13(11)17-14(12)9-15-10/h3-9,17H,1-2H3. The van der Waals surface area contributed by atoms with Gasteiger partial charge in [0.15, 0.2) is 0 Å². The lowest BCUT2D eigenvalue weighted by molar-refractivity contribution is 0.440. The molecule has 0 aliphatic rings. The predicted molar refractivity (Wildman–Crippen MR) is 74.9 cm³/mol. The van der Waals surface area contributed by atoms with Gasteiger partial charge in [0, 0.05) is 30.4 Å². The molecule has 0 spiro atoms. The SMILES string of the molecule is CN(C)N=Cc1cc2c(cn1)[nH]c1ccccc12. The molecule has 1 aromatic carbocycles. The number of pyridine rings is 1. The summed E-state index contributed by atoms with van der Waals surface area (Å²) >= 11 is 0. The van der Waals surface area contributed by atoms with Gasteiger partial charge in [0.2, 0.25) is 0 Å². The molecule has 2 aromatic heterocycles. The molecule has 0 fully saturated rings. The number of hydrogen-bond acceptors (Lipinski definition) is 3. The number of hydrazone groups is 1. The molecule has 3 aromatic rings. The fourth-order valence-corrected chi connectivity index (χ4v) is 2.01. The maximum atomic E-state index is 4.37. The first kappa shape index (κ1) is 10.8. The normalized spacial score (nSPS) is 11.7. The maximum absolute atomic E-state index is 4.37. The van der Waals surface area contributed by atoms with E-state index in [2.05, 4.69) is 33.3 Å². The summed E-state index contributed by atoms with van der Waals surface area (Å²) in [5.74, 6) is 0. The summed E-state index contributed by atoms with van der Waals surface area (Å²) in [7, 11) is 3.78. The van der Waals surface area contributed by atoms with Crippen LogP contribution in [0.4, 0.5) is 0 Å². The van der Waals surface area contributed by atoms with Crippen LogP contribution >= 0.6 is 0 Å². The molecule has 90 valence electrons. The highest BCUT2D eigenvalue weighted by Gasteiger charge is 2.04.